The molecule has 0 bridgehead atoms. The lowest BCUT2D eigenvalue weighted by Crippen LogP contribution is -2.38. The number of hydrogen-bond donors (Lipinski definition) is 1. The Hall–Kier alpha value is -0.800. The summed E-state index contributed by atoms with van der Waals surface area (Å²) < 4.78 is 27.2. The molecule has 1 atom stereocenters. The van der Waals surface area contributed by atoms with Crippen molar-refractivity contribution in [3.05, 3.63) is 28.8 Å². The zero-order chi connectivity index (χ0) is 20.1. The maximum atomic E-state index is 12.9. The number of nitrogens with zero attached hydrogens (tertiary/aromatic N) is 2. The number of carbonyl (C=O) groups excluding carboxylic acids is 1. The van der Waals surface area contributed by atoms with E-state index in [1.165, 1.54) is 35.3 Å². The highest BCUT2D eigenvalue weighted by atomic mass is 35.5. The fourth-order valence-electron chi connectivity index (χ4n) is 3.63. The quantitative estimate of drug-likeness (QED) is 0.698. The van der Waals surface area contributed by atoms with Gasteiger partial charge in [0.05, 0.1) is 15.5 Å². The van der Waals surface area contributed by atoms with Crippen molar-refractivity contribution in [1.29, 1.82) is 0 Å². The first-order chi connectivity index (χ1) is 13.4. The normalized spacial score (nSPS) is 20.2. The largest absolute Gasteiger partial charge is 0.352 e. The van der Waals surface area contributed by atoms with Crippen LogP contribution in [0.4, 0.5) is 0 Å². The minimum Gasteiger partial charge on any atom is -0.352 e. The average Bonchev–Trinajstić information content (AvgIpc) is 3.23. The Labute approximate surface area is 177 Å². The van der Waals surface area contributed by atoms with E-state index >= 15 is 0 Å². The first kappa shape index (κ1) is 21.9. The van der Waals surface area contributed by atoms with Crippen molar-refractivity contribution in [3.8, 4) is 0 Å². The molecule has 28 heavy (non-hydrogen) atoms. The lowest BCUT2D eigenvalue weighted by molar-refractivity contribution is 0.0949. The molecule has 2 saturated heterocycles. The SMILES string of the molecule is C[C@H](CCNC(=O)c1cc(S(=O)(=O)N2CCSCC2)ccc1Cl)N1CCCC1. The highest BCUT2D eigenvalue weighted by Crippen LogP contribution is 2.25. The first-order valence-corrected chi connectivity index (χ1v) is 12.8. The predicted octanol–water partition coefficient (Wildman–Crippen LogP) is 2.68. The summed E-state index contributed by atoms with van der Waals surface area (Å²) in [5.74, 6) is 1.25. The van der Waals surface area contributed by atoms with Crippen LogP contribution in [0, 0.1) is 0 Å². The lowest BCUT2D eigenvalue weighted by Gasteiger charge is -2.26. The number of benzene rings is 1. The first-order valence-electron chi connectivity index (χ1n) is 9.79. The number of halogens is 1. The van der Waals surface area contributed by atoms with Crippen LogP contribution < -0.4 is 5.32 Å². The van der Waals surface area contributed by atoms with Crippen LogP contribution in [0.1, 0.15) is 36.5 Å². The van der Waals surface area contributed by atoms with E-state index < -0.39 is 10.0 Å². The van der Waals surface area contributed by atoms with E-state index in [2.05, 4.69) is 17.1 Å². The molecule has 9 heteroatoms. The van der Waals surface area contributed by atoms with E-state index in [1.54, 1.807) is 11.8 Å². The summed E-state index contributed by atoms with van der Waals surface area (Å²) in [6.45, 7) is 5.94. The molecule has 0 unspecified atom stereocenters. The van der Waals surface area contributed by atoms with Gasteiger partial charge in [0.15, 0.2) is 0 Å². The van der Waals surface area contributed by atoms with Crippen molar-refractivity contribution < 1.29 is 13.2 Å². The van der Waals surface area contributed by atoms with Crippen molar-refractivity contribution in [2.75, 3.05) is 44.2 Å². The van der Waals surface area contributed by atoms with Crippen LogP contribution in [0.2, 0.25) is 5.02 Å². The molecule has 0 aromatic heterocycles. The standard InChI is InChI=1S/C19H28ClN3O3S2/c1-15(22-8-2-3-9-22)6-7-21-19(24)17-14-16(4-5-18(17)20)28(25,26)23-10-12-27-13-11-23/h4-5,14-15H,2-3,6-13H2,1H3,(H,21,24)/t15-/m1/s1. The lowest BCUT2D eigenvalue weighted by atomic mass is 10.2. The number of hydrogen-bond acceptors (Lipinski definition) is 5. The number of sulfonamides is 1. The van der Waals surface area contributed by atoms with Gasteiger partial charge in [0.2, 0.25) is 10.0 Å². The number of likely N-dealkylation sites (tertiary alicyclic amines) is 1. The van der Waals surface area contributed by atoms with Crippen LogP contribution in [0.3, 0.4) is 0 Å². The average molecular weight is 446 g/mol. The molecule has 2 fully saturated rings. The van der Waals surface area contributed by atoms with E-state index in [4.69, 9.17) is 11.6 Å². The Kier molecular flexibility index (Phi) is 7.67. The predicted molar refractivity (Wildman–Crippen MR) is 115 cm³/mol. The van der Waals surface area contributed by atoms with Crippen LogP contribution >= 0.6 is 23.4 Å². The molecule has 0 radical (unpaired) electrons. The summed E-state index contributed by atoms with van der Waals surface area (Å²) in [6.07, 6.45) is 3.33. The maximum Gasteiger partial charge on any atom is 0.252 e. The summed E-state index contributed by atoms with van der Waals surface area (Å²) in [4.78, 5) is 15.2. The molecule has 156 valence electrons. The third-order valence-electron chi connectivity index (χ3n) is 5.40. The third-order valence-corrected chi connectivity index (χ3v) is 8.57. The molecule has 1 aromatic rings. The monoisotopic (exact) mass is 445 g/mol. The third kappa shape index (κ3) is 5.21. The van der Waals surface area contributed by atoms with Gasteiger partial charge in [-0.25, -0.2) is 8.42 Å². The number of carbonyl (C=O) groups is 1. The van der Waals surface area contributed by atoms with Crippen molar-refractivity contribution in [2.45, 2.75) is 37.1 Å². The topological polar surface area (TPSA) is 69.7 Å². The summed E-state index contributed by atoms with van der Waals surface area (Å²) in [6, 6.07) is 4.79. The zero-order valence-electron chi connectivity index (χ0n) is 16.2. The molecule has 3 rings (SSSR count). The van der Waals surface area contributed by atoms with Crippen molar-refractivity contribution in [2.24, 2.45) is 0 Å². The highest BCUT2D eigenvalue weighted by Gasteiger charge is 2.27. The Morgan fingerprint density at radius 2 is 1.89 bits per heavy atom. The van der Waals surface area contributed by atoms with Gasteiger partial charge in [-0.05, 0) is 57.5 Å². The molecular weight excluding hydrogens is 418 g/mol. The highest BCUT2D eigenvalue weighted by molar-refractivity contribution is 7.99. The second-order valence-electron chi connectivity index (χ2n) is 7.29. The van der Waals surface area contributed by atoms with Crippen molar-refractivity contribution >= 4 is 39.3 Å². The van der Waals surface area contributed by atoms with Crippen LogP contribution in [-0.4, -0.2) is 73.8 Å². The van der Waals surface area contributed by atoms with E-state index in [9.17, 15) is 13.2 Å². The van der Waals surface area contributed by atoms with Gasteiger partial charge in [0, 0.05) is 37.2 Å². The molecule has 2 aliphatic heterocycles. The van der Waals surface area contributed by atoms with E-state index in [-0.39, 0.29) is 21.4 Å². The van der Waals surface area contributed by atoms with Gasteiger partial charge < -0.3 is 10.2 Å². The fourth-order valence-corrected chi connectivity index (χ4v) is 6.44. The van der Waals surface area contributed by atoms with Crippen molar-refractivity contribution in [1.82, 2.24) is 14.5 Å². The maximum absolute atomic E-state index is 12.9. The minimum atomic E-state index is -3.61. The molecule has 1 amide bonds. The van der Waals surface area contributed by atoms with E-state index in [0.29, 0.717) is 25.7 Å². The molecule has 0 aliphatic carbocycles. The Bertz CT molecular complexity index is 792. The molecule has 2 heterocycles. The van der Waals surface area contributed by atoms with Gasteiger partial charge in [-0.15, -0.1) is 0 Å². The fraction of sp³-hybridized carbons (Fsp3) is 0.632. The van der Waals surface area contributed by atoms with E-state index in [1.807, 2.05) is 0 Å². The van der Waals surface area contributed by atoms with Crippen LogP contribution in [-0.2, 0) is 10.0 Å². The minimum absolute atomic E-state index is 0.124. The molecule has 1 N–H and O–H groups in total. The number of amides is 1. The van der Waals surface area contributed by atoms with Crippen molar-refractivity contribution in [3.63, 3.8) is 0 Å². The smallest absolute Gasteiger partial charge is 0.252 e. The summed E-state index contributed by atoms with van der Waals surface area (Å²) in [7, 11) is -3.61. The summed E-state index contributed by atoms with van der Waals surface area (Å²) in [5.41, 5.74) is 0.211. The molecule has 0 saturated carbocycles. The molecule has 6 nitrogen and oxygen atoms in total. The molecule has 0 spiro atoms. The van der Waals surface area contributed by atoms with Gasteiger partial charge in [-0.1, -0.05) is 11.6 Å². The van der Waals surface area contributed by atoms with Crippen LogP contribution in [0.15, 0.2) is 23.1 Å². The zero-order valence-corrected chi connectivity index (χ0v) is 18.6. The Balaban J connectivity index is 1.64. The Morgan fingerprint density at radius 3 is 2.57 bits per heavy atom. The second-order valence-corrected chi connectivity index (χ2v) is 10.9. The number of rotatable bonds is 7. The van der Waals surface area contributed by atoms with Gasteiger partial charge in [0.1, 0.15) is 0 Å². The van der Waals surface area contributed by atoms with E-state index in [0.717, 1.165) is 31.0 Å². The summed E-state index contributed by atoms with van der Waals surface area (Å²) in [5, 5.41) is 3.15. The second kappa shape index (κ2) is 9.80. The van der Waals surface area contributed by atoms with Gasteiger partial charge in [0.25, 0.3) is 5.91 Å². The van der Waals surface area contributed by atoms with Gasteiger partial charge in [-0.2, -0.15) is 16.1 Å². The molecule has 1 aromatic carbocycles. The van der Waals surface area contributed by atoms with Crippen LogP contribution in [0.5, 0.6) is 0 Å². The van der Waals surface area contributed by atoms with Gasteiger partial charge in [-0.3, -0.25) is 4.79 Å². The van der Waals surface area contributed by atoms with Crippen LogP contribution in [0.25, 0.3) is 0 Å². The van der Waals surface area contributed by atoms with Gasteiger partial charge >= 0.3 is 0 Å². The number of thioether (sulfide) groups is 1. The number of nitrogens with one attached hydrogen (secondary N) is 1. The molecule has 2 aliphatic rings. The summed E-state index contributed by atoms with van der Waals surface area (Å²) >= 11 is 7.94. The Morgan fingerprint density at radius 1 is 1.21 bits per heavy atom. The molecular formula is C19H28ClN3O3S2.